The molecular formula is C10H18N2O. The molecule has 3 heteroatoms. The van der Waals surface area contributed by atoms with Gasteiger partial charge < -0.3 is 5.11 Å². The van der Waals surface area contributed by atoms with Gasteiger partial charge in [-0.1, -0.05) is 13.8 Å². The van der Waals surface area contributed by atoms with Crippen molar-refractivity contribution in [2.24, 2.45) is 0 Å². The smallest absolute Gasteiger partial charge is 0.0708 e. The Bertz CT molecular complexity index is 276. The highest BCUT2D eigenvalue weighted by Crippen LogP contribution is 2.17. The molecule has 0 spiro atoms. The van der Waals surface area contributed by atoms with E-state index in [9.17, 15) is 5.11 Å². The van der Waals surface area contributed by atoms with E-state index in [4.69, 9.17) is 0 Å². The van der Waals surface area contributed by atoms with Crippen LogP contribution in [0.5, 0.6) is 0 Å². The van der Waals surface area contributed by atoms with Gasteiger partial charge in [0.15, 0.2) is 0 Å². The van der Waals surface area contributed by atoms with Crippen molar-refractivity contribution in [1.82, 2.24) is 9.78 Å². The van der Waals surface area contributed by atoms with Crippen molar-refractivity contribution in [2.45, 2.75) is 46.3 Å². The molecule has 0 saturated carbocycles. The molecule has 13 heavy (non-hydrogen) atoms. The van der Waals surface area contributed by atoms with Gasteiger partial charge in [0, 0.05) is 6.20 Å². The number of hydrogen-bond donors (Lipinski definition) is 1. The molecule has 1 atom stereocenters. The van der Waals surface area contributed by atoms with Crippen molar-refractivity contribution in [3.05, 3.63) is 17.5 Å². The van der Waals surface area contributed by atoms with E-state index in [-0.39, 0.29) is 6.10 Å². The summed E-state index contributed by atoms with van der Waals surface area (Å²) in [4.78, 5) is 0. The Morgan fingerprint density at radius 1 is 1.46 bits per heavy atom. The van der Waals surface area contributed by atoms with Crippen LogP contribution in [0.2, 0.25) is 0 Å². The Hall–Kier alpha value is -0.830. The van der Waals surface area contributed by atoms with Gasteiger partial charge in [-0.25, -0.2) is 0 Å². The molecule has 0 fully saturated rings. The predicted octanol–water partition coefficient (Wildman–Crippen LogP) is 1.70. The van der Waals surface area contributed by atoms with Crippen LogP contribution < -0.4 is 0 Å². The first-order valence-corrected chi connectivity index (χ1v) is 4.72. The zero-order chi connectivity index (χ0) is 10.0. The van der Waals surface area contributed by atoms with Gasteiger partial charge in [-0.15, -0.1) is 0 Å². The van der Waals surface area contributed by atoms with Gasteiger partial charge in [0.05, 0.1) is 18.3 Å². The third kappa shape index (κ3) is 2.56. The summed E-state index contributed by atoms with van der Waals surface area (Å²) in [5, 5.41) is 13.5. The summed E-state index contributed by atoms with van der Waals surface area (Å²) >= 11 is 0. The Labute approximate surface area is 79.4 Å². The summed E-state index contributed by atoms with van der Waals surface area (Å²) in [5.41, 5.74) is 2.33. The topological polar surface area (TPSA) is 38.0 Å². The number of nitrogens with zero attached hydrogens (tertiary/aromatic N) is 2. The van der Waals surface area contributed by atoms with Crippen LogP contribution >= 0.6 is 0 Å². The van der Waals surface area contributed by atoms with Crippen LogP contribution in [-0.2, 0) is 6.54 Å². The normalized spacial score (nSPS) is 13.7. The van der Waals surface area contributed by atoms with Gasteiger partial charge in [0.1, 0.15) is 0 Å². The lowest BCUT2D eigenvalue weighted by Crippen LogP contribution is -2.11. The maximum Gasteiger partial charge on any atom is 0.0708 e. The Kier molecular flexibility index (Phi) is 3.09. The number of aryl methyl sites for hydroxylation is 1. The first kappa shape index (κ1) is 10.3. The molecule has 0 aromatic carbocycles. The van der Waals surface area contributed by atoms with E-state index >= 15 is 0 Å². The minimum Gasteiger partial charge on any atom is -0.391 e. The van der Waals surface area contributed by atoms with Gasteiger partial charge in [0.25, 0.3) is 0 Å². The number of aliphatic hydroxyl groups excluding tert-OH is 1. The molecule has 74 valence electrons. The van der Waals surface area contributed by atoms with Crippen molar-refractivity contribution in [1.29, 1.82) is 0 Å². The van der Waals surface area contributed by atoms with E-state index in [1.54, 1.807) is 6.92 Å². The Morgan fingerprint density at radius 3 is 2.46 bits per heavy atom. The highest BCUT2D eigenvalue weighted by atomic mass is 16.3. The maximum absolute atomic E-state index is 9.18. The molecule has 0 saturated heterocycles. The molecule has 0 bridgehead atoms. The quantitative estimate of drug-likeness (QED) is 0.772. The molecule has 1 unspecified atom stereocenters. The third-order valence-electron chi connectivity index (χ3n) is 2.06. The monoisotopic (exact) mass is 182 g/mol. The first-order chi connectivity index (χ1) is 6.00. The fraction of sp³-hybridized carbons (Fsp3) is 0.700. The molecule has 1 N–H and O–H groups in total. The van der Waals surface area contributed by atoms with Gasteiger partial charge in [-0.2, -0.15) is 5.10 Å². The Morgan fingerprint density at radius 2 is 2.08 bits per heavy atom. The number of hydrogen-bond acceptors (Lipinski definition) is 2. The molecule has 1 rings (SSSR count). The van der Waals surface area contributed by atoms with Gasteiger partial charge in [-0.3, -0.25) is 4.68 Å². The van der Waals surface area contributed by atoms with E-state index in [1.165, 1.54) is 5.56 Å². The zero-order valence-electron chi connectivity index (χ0n) is 8.78. The van der Waals surface area contributed by atoms with Crippen molar-refractivity contribution in [3.8, 4) is 0 Å². The van der Waals surface area contributed by atoms with Crippen LogP contribution in [0, 0.1) is 6.92 Å². The molecular weight excluding hydrogens is 164 g/mol. The summed E-state index contributed by atoms with van der Waals surface area (Å²) < 4.78 is 1.81. The Balaban J connectivity index is 2.82. The van der Waals surface area contributed by atoms with Crippen LogP contribution in [-0.4, -0.2) is 21.0 Å². The van der Waals surface area contributed by atoms with Crippen LogP contribution in [0.1, 0.15) is 37.9 Å². The van der Waals surface area contributed by atoms with Crippen molar-refractivity contribution in [2.75, 3.05) is 0 Å². The second-order valence-corrected chi connectivity index (χ2v) is 3.90. The lowest BCUT2D eigenvalue weighted by molar-refractivity contribution is 0.168. The van der Waals surface area contributed by atoms with Crippen molar-refractivity contribution in [3.63, 3.8) is 0 Å². The summed E-state index contributed by atoms with van der Waals surface area (Å²) in [7, 11) is 0. The lowest BCUT2D eigenvalue weighted by Gasteiger charge is -2.03. The van der Waals surface area contributed by atoms with Crippen LogP contribution in [0.15, 0.2) is 6.20 Å². The molecule has 0 aliphatic carbocycles. The average molecular weight is 182 g/mol. The fourth-order valence-electron chi connectivity index (χ4n) is 1.46. The largest absolute Gasteiger partial charge is 0.391 e. The number of rotatable bonds is 3. The standard InChI is InChI=1S/C10H18N2O/c1-7(2)10-6-12(5-8(3)13)11-9(10)4/h6-8,13H,5H2,1-4H3. The first-order valence-electron chi connectivity index (χ1n) is 4.72. The summed E-state index contributed by atoms with van der Waals surface area (Å²) in [6.45, 7) is 8.65. The molecule has 1 aromatic heterocycles. The molecule has 1 heterocycles. The number of aromatic nitrogens is 2. The summed E-state index contributed by atoms with van der Waals surface area (Å²) in [5.74, 6) is 0.503. The lowest BCUT2D eigenvalue weighted by atomic mass is 10.1. The maximum atomic E-state index is 9.18. The van der Waals surface area contributed by atoms with E-state index in [2.05, 4.69) is 18.9 Å². The van der Waals surface area contributed by atoms with E-state index < -0.39 is 0 Å². The molecule has 0 radical (unpaired) electrons. The SMILES string of the molecule is Cc1nn(CC(C)O)cc1C(C)C. The van der Waals surface area contributed by atoms with Crippen LogP contribution in [0.3, 0.4) is 0 Å². The highest BCUT2D eigenvalue weighted by Gasteiger charge is 2.08. The van der Waals surface area contributed by atoms with E-state index in [0.29, 0.717) is 12.5 Å². The predicted molar refractivity (Wildman–Crippen MR) is 52.7 cm³/mol. The van der Waals surface area contributed by atoms with E-state index in [1.807, 2.05) is 17.8 Å². The minimum absolute atomic E-state index is 0.334. The van der Waals surface area contributed by atoms with Gasteiger partial charge >= 0.3 is 0 Å². The summed E-state index contributed by atoms with van der Waals surface area (Å²) in [6, 6.07) is 0. The molecule has 1 aromatic rings. The molecule has 0 aliphatic rings. The average Bonchev–Trinajstić information content (AvgIpc) is 2.29. The number of aliphatic hydroxyl groups is 1. The van der Waals surface area contributed by atoms with E-state index in [0.717, 1.165) is 5.69 Å². The van der Waals surface area contributed by atoms with Crippen molar-refractivity contribution < 1.29 is 5.11 Å². The molecule has 0 aliphatic heterocycles. The van der Waals surface area contributed by atoms with Crippen molar-refractivity contribution >= 4 is 0 Å². The van der Waals surface area contributed by atoms with Gasteiger partial charge in [0.2, 0.25) is 0 Å². The van der Waals surface area contributed by atoms with Crippen LogP contribution in [0.4, 0.5) is 0 Å². The van der Waals surface area contributed by atoms with Gasteiger partial charge in [-0.05, 0) is 25.3 Å². The fourth-order valence-corrected chi connectivity index (χ4v) is 1.46. The zero-order valence-corrected chi connectivity index (χ0v) is 8.78. The minimum atomic E-state index is -0.334. The third-order valence-corrected chi connectivity index (χ3v) is 2.06. The summed E-state index contributed by atoms with van der Waals surface area (Å²) in [6.07, 6.45) is 1.69. The molecule has 3 nitrogen and oxygen atoms in total. The highest BCUT2D eigenvalue weighted by molar-refractivity contribution is 5.19. The second kappa shape index (κ2) is 3.92. The van der Waals surface area contributed by atoms with Crippen LogP contribution in [0.25, 0.3) is 0 Å². The second-order valence-electron chi connectivity index (χ2n) is 3.90. The molecule has 0 amide bonds.